The van der Waals surface area contributed by atoms with E-state index < -0.39 is 0 Å². The molecule has 0 aromatic heterocycles. The molecule has 1 fully saturated rings. The van der Waals surface area contributed by atoms with Crippen LogP contribution in [0.5, 0.6) is 5.75 Å². The number of nitrogens with one attached hydrogen (secondary N) is 1. The lowest BCUT2D eigenvalue weighted by Crippen LogP contribution is -2.51. The molecule has 1 saturated heterocycles. The summed E-state index contributed by atoms with van der Waals surface area (Å²) in [7, 11) is 0. The number of hydrogen-bond acceptors (Lipinski definition) is 4. The minimum Gasteiger partial charge on any atom is -0.494 e. The van der Waals surface area contributed by atoms with Crippen molar-refractivity contribution in [2.24, 2.45) is 5.41 Å². The van der Waals surface area contributed by atoms with Gasteiger partial charge in [-0.1, -0.05) is 20.8 Å². The number of ether oxygens (including phenoxy) is 1. The third-order valence-electron chi connectivity index (χ3n) is 5.13. The lowest BCUT2D eigenvalue weighted by atomic mass is 9.94. The molecule has 1 aliphatic rings. The minimum atomic E-state index is -0.342. The van der Waals surface area contributed by atoms with Crippen LogP contribution in [-0.2, 0) is 4.79 Å². The second-order valence-electron chi connectivity index (χ2n) is 8.49. The van der Waals surface area contributed by atoms with Gasteiger partial charge in [0, 0.05) is 48.5 Å². The van der Waals surface area contributed by atoms with Crippen molar-refractivity contribution >= 4 is 23.2 Å². The Balaban J connectivity index is 1.55. The number of carbonyl (C=O) groups excluding carboxylic acids is 2. The van der Waals surface area contributed by atoms with Crippen molar-refractivity contribution in [1.82, 2.24) is 4.90 Å². The maximum atomic E-state index is 12.5. The number of piperazine rings is 1. The summed E-state index contributed by atoms with van der Waals surface area (Å²) in [4.78, 5) is 29.1. The van der Waals surface area contributed by atoms with Crippen molar-refractivity contribution in [3.63, 3.8) is 0 Å². The number of hydrogen-bond donors (Lipinski definition) is 1. The number of anilines is 2. The van der Waals surface area contributed by atoms with Gasteiger partial charge in [0.1, 0.15) is 5.75 Å². The fourth-order valence-corrected chi connectivity index (χ4v) is 3.47. The highest BCUT2D eigenvalue weighted by atomic mass is 16.5. The van der Waals surface area contributed by atoms with Gasteiger partial charge in [-0.15, -0.1) is 0 Å². The van der Waals surface area contributed by atoms with E-state index in [0.29, 0.717) is 12.2 Å². The quantitative estimate of drug-likeness (QED) is 0.810. The SMILES string of the molecule is CCOc1ccc(C(=O)Nc2ccc(N3CCN(C(=O)C(C)(C)C)CC3)cc2)cc1. The summed E-state index contributed by atoms with van der Waals surface area (Å²) in [6.07, 6.45) is 0. The predicted molar refractivity (Wildman–Crippen MR) is 120 cm³/mol. The van der Waals surface area contributed by atoms with Crippen LogP contribution in [0.3, 0.4) is 0 Å². The molecule has 0 atom stereocenters. The van der Waals surface area contributed by atoms with Crippen LogP contribution in [0.15, 0.2) is 48.5 Å². The third-order valence-corrected chi connectivity index (χ3v) is 5.13. The van der Waals surface area contributed by atoms with Gasteiger partial charge in [0.25, 0.3) is 5.91 Å². The molecule has 0 unspecified atom stereocenters. The Morgan fingerprint density at radius 2 is 1.53 bits per heavy atom. The minimum absolute atomic E-state index is 0.153. The summed E-state index contributed by atoms with van der Waals surface area (Å²) in [5.74, 6) is 0.803. The Morgan fingerprint density at radius 1 is 0.933 bits per heavy atom. The molecule has 0 aliphatic carbocycles. The van der Waals surface area contributed by atoms with Gasteiger partial charge in [-0.2, -0.15) is 0 Å². The van der Waals surface area contributed by atoms with Crippen molar-refractivity contribution in [3.8, 4) is 5.75 Å². The fraction of sp³-hybridized carbons (Fsp3) is 0.417. The van der Waals surface area contributed by atoms with E-state index in [2.05, 4.69) is 10.2 Å². The maximum Gasteiger partial charge on any atom is 0.255 e. The highest BCUT2D eigenvalue weighted by Gasteiger charge is 2.29. The van der Waals surface area contributed by atoms with Crippen molar-refractivity contribution in [3.05, 3.63) is 54.1 Å². The zero-order valence-corrected chi connectivity index (χ0v) is 18.3. The normalized spacial score (nSPS) is 14.4. The first-order valence-electron chi connectivity index (χ1n) is 10.5. The van der Waals surface area contributed by atoms with E-state index in [-0.39, 0.29) is 17.2 Å². The number of amides is 2. The summed E-state index contributed by atoms with van der Waals surface area (Å²) in [5.41, 5.74) is 2.09. The molecule has 2 amide bonds. The maximum absolute atomic E-state index is 12.5. The van der Waals surface area contributed by atoms with Crippen LogP contribution in [0.4, 0.5) is 11.4 Å². The first kappa shape index (κ1) is 21.7. The van der Waals surface area contributed by atoms with E-state index in [0.717, 1.165) is 43.3 Å². The van der Waals surface area contributed by atoms with E-state index in [4.69, 9.17) is 4.74 Å². The molecule has 3 rings (SSSR count). The monoisotopic (exact) mass is 409 g/mol. The lowest BCUT2D eigenvalue weighted by Gasteiger charge is -2.38. The molecular weight excluding hydrogens is 378 g/mol. The van der Waals surface area contributed by atoms with E-state index in [1.54, 1.807) is 24.3 Å². The van der Waals surface area contributed by atoms with Gasteiger partial charge in [-0.25, -0.2) is 0 Å². The molecule has 1 heterocycles. The molecule has 1 aliphatic heterocycles. The molecule has 0 radical (unpaired) electrons. The summed E-state index contributed by atoms with van der Waals surface area (Å²) >= 11 is 0. The van der Waals surface area contributed by atoms with Gasteiger partial charge in [-0.05, 0) is 55.5 Å². The summed E-state index contributed by atoms with van der Waals surface area (Å²) in [5, 5.41) is 2.93. The Labute approximate surface area is 178 Å². The Morgan fingerprint density at radius 3 is 2.07 bits per heavy atom. The molecule has 1 N–H and O–H groups in total. The average Bonchev–Trinajstić information content (AvgIpc) is 2.74. The summed E-state index contributed by atoms with van der Waals surface area (Å²) in [6, 6.07) is 14.9. The Bertz CT molecular complexity index is 862. The lowest BCUT2D eigenvalue weighted by molar-refractivity contribution is -0.139. The zero-order chi connectivity index (χ0) is 21.7. The van der Waals surface area contributed by atoms with Crippen LogP contribution in [0.1, 0.15) is 38.1 Å². The van der Waals surface area contributed by atoms with E-state index in [9.17, 15) is 9.59 Å². The zero-order valence-electron chi connectivity index (χ0n) is 18.3. The van der Waals surface area contributed by atoms with Gasteiger partial charge >= 0.3 is 0 Å². The highest BCUT2D eigenvalue weighted by Crippen LogP contribution is 2.23. The smallest absolute Gasteiger partial charge is 0.255 e. The highest BCUT2D eigenvalue weighted by molar-refractivity contribution is 6.04. The van der Waals surface area contributed by atoms with Crippen LogP contribution in [-0.4, -0.2) is 49.5 Å². The largest absolute Gasteiger partial charge is 0.494 e. The molecular formula is C24H31N3O3. The molecule has 0 spiro atoms. The first-order valence-corrected chi connectivity index (χ1v) is 10.5. The Hall–Kier alpha value is -3.02. The molecule has 6 heteroatoms. The van der Waals surface area contributed by atoms with Crippen molar-refractivity contribution < 1.29 is 14.3 Å². The summed E-state index contributed by atoms with van der Waals surface area (Å²) < 4.78 is 5.41. The van der Waals surface area contributed by atoms with E-state index >= 15 is 0 Å². The second-order valence-corrected chi connectivity index (χ2v) is 8.49. The molecule has 30 heavy (non-hydrogen) atoms. The number of nitrogens with zero attached hydrogens (tertiary/aromatic N) is 2. The van der Waals surface area contributed by atoms with Gasteiger partial charge in [0.05, 0.1) is 6.61 Å². The Kier molecular flexibility index (Phi) is 6.65. The van der Waals surface area contributed by atoms with Gasteiger partial charge in [0.15, 0.2) is 0 Å². The second kappa shape index (κ2) is 9.20. The van der Waals surface area contributed by atoms with Crippen LogP contribution in [0.25, 0.3) is 0 Å². The predicted octanol–water partition coefficient (Wildman–Crippen LogP) is 4.03. The van der Waals surface area contributed by atoms with E-state index in [1.165, 1.54) is 0 Å². The van der Waals surface area contributed by atoms with Gasteiger partial charge in [-0.3, -0.25) is 9.59 Å². The number of carbonyl (C=O) groups is 2. The molecule has 0 bridgehead atoms. The fourth-order valence-electron chi connectivity index (χ4n) is 3.47. The number of rotatable bonds is 5. The van der Waals surface area contributed by atoms with Crippen molar-refractivity contribution in [1.29, 1.82) is 0 Å². The van der Waals surface area contributed by atoms with Crippen molar-refractivity contribution in [2.45, 2.75) is 27.7 Å². The molecule has 2 aromatic rings. The third kappa shape index (κ3) is 5.32. The first-order chi connectivity index (χ1) is 14.3. The van der Waals surface area contributed by atoms with E-state index in [1.807, 2.05) is 56.9 Å². The van der Waals surface area contributed by atoms with Gasteiger partial charge in [0.2, 0.25) is 5.91 Å². The van der Waals surface area contributed by atoms with Crippen LogP contribution < -0.4 is 15.0 Å². The van der Waals surface area contributed by atoms with Gasteiger partial charge < -0.3 is 19.9 Å². The van der Waals surface area contributed by atoms with Crippen LogP contribution in [0, 0.1) is 5.41 Å². The molecule has 160 valence electrons. The molecule has 0 saturated carbocycles. The molecule has 6 nitrogen and oxygen atoms in total. The standard InChI is InChI=1S/C24H31N3O3/c1-5-30-21-12-6-18(7-13-21)22(28)25-19-8-10-20(11-9-19)26-14-16-27(17-15-26)23(29)24(2,3)4/h6-13H,5,14-17H2,1-4H3,(H,25,28). The average molecular weight is 410 g/mol. The topological polar surface area (TPSA) is 61.9 Å². The summed E-state index contributed by atoms with van der Waals surface area (Å²) in [6.45, 7) is 11.5. The molecule has 2 aromatic carbocycles. The van der Waals surface area contributed by atoms with Crippen molar-refractivity contribution in [2.75, 3.05) is 43.0 Å². The van der Waals surface area contributed by atoms with Crippen LogP contribution >= 0.6 is 0 Å². The number of benzene rings is 2. The van der Waals surface area contributed by atoms with Crippen LogP contribution in [0.2, 0.25) is 0 Å².